The van der Waals surface area contributed by atoms with E-state index in [1.807, 2.05) is 24.3 Å². The quantitative estimate of drug-likeness (QED) is 0.684. The predicted octanol–water partition coefficient (Wildman–Crippen LogP) is 4.81. The molecule has 0 atom stereocenters. The van der Waals surface area contributed by atoms with E-state index in [4.69, 9.17) is 11.6 Å². The maximum absolute atomic E-state index is 13.1. The number of benzene rings is 1. The van der Waals surface area contributed by atoms with Gasteiger partial charge in [0.1, 0.15) is 0 Å². The van der Waals surface area contributed by atoms with Crippen molar-refractivity contribution in [2.75, 3.05) is 19.6 Å². The number of nitrogens with one attached hydrogen (secondary N) is 1. The molecule has 29 heavy (non-hydrogen) atoms. The number of carbonyl (C=O) groups excluding carboxylic acids is 1. The molecule has 6 heteroatoms. The highest BCUT2D eigenvalue weighted by molar-refractivity contribution is 7.09. The summed E-state index contributed by atoms with van der Waals surface area (Å²) >= 11 is 7.94. The molecule has 156 valence electrons. The van der Waals surface area contributed by atoms with Gasteiger partial charge in [-0.1, -0.05) is 37.1 Å². The van der Waals surface area contributed by atoms with Crippen LogP contribution in [0.1, 0.15) is 55.3 Å². The molecule has 1 saturated heterocycles. The number of hydrogen-bond acceptors (Lipinski definition) is 4. The lowest BCUT2D eigenvalue weighted by molar-refractivity contribution is -0.130. The fourth-order valence-corrected chi connectivity index (χ4v) is 5.46. The Morgan fingerprint density at radius 1 is 1.34 bits per heavy atom. The first-order chi connectivity index (χ1) is 14.1. The maximum atomic E-state index is 13.1. The molecule has 1 aliphatic heterocycles. The molecular formula is C23H30ClN3OS. The lowest BCUT2D eigenvalue weighted by atomic mass is 9.63. The van der Waals surface area contributed by atoms with Crippen LogP contribution >= 0.6 is 22.9 Å². The summed E-state index contributed by atoms with van der Waals surface area (Å²) in [6.45, 7) is 6.06. The minimum absolute atomic E-state index is 0.183. The van der Waals surface area contributed by atoms with Crippen molar-refractivity contribution in [2.45, 2.75) is 57.4 Å². The summed E-state index contributed by atoms with van der Waals surface area (Å²) in [6.07, 6.45) is 6.23. The Morgan fingerprint density at radius 3 is 2.76 bits per heavy atom. The van der Waals surface area contributed by atoms with Crippen LogP contribution in [0.5, 0.6) is 0 Å². The van der Waals surface area contributed by atoms with Crippen LogP contribution in [-0.2, 0) is 23.2 Å². The van der Waals surface area contributed by atoms with Gasteiger partial charge < -0.3 is 5.32 Å². The average molecular weight is 432 g/mol. The Labute approximate surface area is 182 Å². The summed E-state index contributed by atoms with van der Waals surface area (Å²) in [5, 5.41) is 7.40. The Kier molecular flexibility index (Phi) is 6.57. The minimum Gasteiger partial charge on any atom is -0.355 e. The molecule has 2 aliphatic rings. The second-order valence-corrected chi connectivity index (χ2v) is 9.84. The third-order valence-electron chi connectivity index (χ3n) is 6.56. The standard InChI is InChI=1S/C23H30ClN3OS/c1-2-21-26-20(16-29-21)15-27-11-7-17(8-12-27)14-25-22(28)23(9-4-10-23)18-5-3-6-19(24)13-18/h3,5-6,13,16-17H,2,4,7-12,14-15H2,1H3,(H,25,28). The van der Waals surface area contributed by atoms with Crippen LogP contribution in [0.3, 0.4) is 0 Å². The molecular weight excluding hydrogens is 402 g/mol. The molecule has 2 fully saturated rings. The van der Waals surface area contributed by atoms with Gasteiger partial charge in [-0.15, -0.1) is 11.3 Å². The second-order valence-electron chi connectivity index (χ2n) is 8.46. The van der Waals surface area contributed by atoms with Gasteiger partial charge >= 0.3 is 0 Å². The summed E-state index contributed by atoms with van der Waals surface area (Å²) in [5.74, 6) is 0.747. The molecule has 2 aromatic rings. The molecule has 0 bridgehead atoms. The van der Waals surface area contributed by atoms with Crippen LogP contribution in [0.15, 0.2) is 29.6 Å². The largest absolute Gasteiger partial charge is 0.355 e. The third-order valence-corrected chi connectivity index (χ3v) is 7.84. The van der Waals surface area contributed by atoms with E-state index in [9.17, 15) is 4.79 Å². The van der Waals surface area contributed by atoms with Gasteiger partial charge in [-0.25, -0.2) is 4.98 Å². The van der Waals surface area contributed by atoms with E-state index in [-0.39, 0.29) is 11.3 Å². The molecule has 4 nitrogen and oxygen atoms in total. The lowest BCUT2D eigenvalue weighted by Crippen LogP contribution is -2.50. The Hall–Kier alpha value is -1.43. The molecule has 1 aromatic carbocycles. The Morgan fingerprint density at radius 2 is 2.14 bits per heavy atom. The SMILES string of the molecule is CCc1nc(CN2CCC(CNC(=O)C3(c4cccc(Cl)c4)CCC3)CC2)cs1. The molecule has 1 amide bonds. The van der Waals surface area contributed by atoms with Crippen LogP contribution in [0.2, 0.25) is 5.02 Å². The molecule has 0 spiro atoms. The van der Waals surface area contributed by atoms with Crippen LogP contribution in [0.4, 0.5) is 0 Å². The van der Waals surface area contributed by atoms with Gasteiger partial charge in [-0.2, -0.15) is 0 Å². The van der Waals surface area contributed by atoms with E-state index in [2.05, 4.69) is 27.5 Å². The number of piperidine rings is 1. The van der Waals surface area contributed by atoms with Crippen molar-refractivity contribution in [1.82, 2.24) is 15.2 Å². The highest BCUT2D eigenvalue weighted by Crippen LogP contribution is 2.44. The van der Waals surface area contributed by atoms with E-state index in [1.54, 1.807) is 11.3 Å². The van der Waals surface area contributed by atoms with Gasteiger partial charge in [0.25, 0.3) is 0 Å². The van der Waals surface area contributed by atoms with Crippen LogP contribution < -0.4 is 5.32 Å². The molecule has 0 radical (unpaired) electrons. The average Bonchev–Trinajstić information content (AvgIpc) is 3.14. The van der Waals surface area contributed by atoms with Crippen molar-refractivity contribution >= 4 is 28.8 Å². The van der Waals surface area contributed by atoms with Gasteiger partial charge in [0.15, 0.2) is 0 Å². The van der Waals surface area contributed by atoms with E-state index in [0.29, 0.717) is 10.9 Å². The first-order valence-corrected chi connectivity index (χ1v) is 12.0. The zero-order chi connectivity index (χ0) is 20.3. The van der Waals surface area contributed by atoms with Gasteiger partial charge in [-0.3, -0.25) is 9.69 Å². The van der Waals surface area contributed by atoms with Crippen molar-refractivity contribution in [3.05, 3.63) is 50.9 Å². The smallest absolute Gasteiger partial charge is 0.230 e. The molecule has 1 aromatic heterocycles. The molecule has 1 saturated carbocycles. The zero-order valence-corrected chi connectivity index (χ0v) is 18.7. The zero-order valence-electron chi connectivity index (χ0n) is 17.1. The number of hydrogen-bond donors (Lipinski definition) is 1. The number of amides is 1. The van der Waals surface area contributed by atoms with Crippen LogP contribution in [0.25, 0.3) is 0 Å². The number of rotatable bonds is 7. The summed E-state index contributed by atoms with van der Waals surface area (Å²) in [7, 11) is 0. The highest BCUT2D eigenvalue weighted by Gasteiger charge is 2.45. The Bertz CT molecular complexity index is 840. The number of aryl methyl sites for hydroxylation is 1. The van der Waals surface area contributed by atoms with E-state index < -0.39 is 0 Å². The topological polar surface area (TPSA) is 45.2 Å². The summed E-state index contributed by atoms with van der Waals surface area (Å²) in [6, 6.07) is 7.83. The fourth-order valence-electron chi connectivity index (χ4n) is 4.53. The molecule has 2 heterocycles. The summed E-state index contributed by atoms with van der Waals surface area (Å²) in [4.78, 5) is 20.2. The fraction of sp³-hybridized carbons (Fsp3) is 0.565. The van der Waals surface area contributed by atoms with Gasteiger partial charge in [0.2, 0.25) is 5.91 Å². The molecule has 4 rings (SSSR count). The normalized spacial score (nSPS) is 19.7. The second kappa shape index (κ2) is 9.15. The lowest BCUT2D eigenvalue weighted by Gasteiger charge is -2.41. The van der Waals surface area contributed by atoms with Crippen LogP contribution in [-0.4, -0.2) is 35.4 Å². The Balaban J connectivity index is 1.26. The number of likely N-dealkylation sites (tertiary alicyclic amines) is 1. The minimum atomic E-state index is -0.368. The molecule has 0 unspecified atom stereocenters. The van der Waals surface area contributed by atoms with E-state index in [0.717, 1.165) is 70.3 Å². The maximum Gasteiger partial charge on any atom is 0.230 e. The van der Waals surface area contributed by atoms with Gasteiger partial charge in [-0.05, 0) is 68.8 Å². The summed E-state index contributed by atoms with van der Waals surface area (Å²) < 4.78 is 0. The third kappa shape index (κ3) is 4.68. The first-order valence-electron chi connectivity index (χ1n) is 10.8. The highest BCUT2D eigenvalue weighted by atomic mass is 35.5. The van der Waals surface area contributed by atoms with Gasteiger partial charge in [0, 0.05) is 23.5 Å². The number of nitrogens with zero attached hydrogens (tertiary/aromatic N) is 2. The molecule has 1 aliphatic carbocycles. The summed E-state index contributed by atoms with van der Waals surface area (Å²) in [5.41, 5.74) is 1.90. The van der Waals surface area contributed by atoms with Gasteiger partial charge in [0.05, 0.1) is 16.1 Å². The van der Waals surface area contributed by atoms with E-state index >= 15 is 0 Å². The number of aromatic nitrogens is 1. The van der Waals surface area contributed by atoms with Crippen molar-refractivity contribution in [3.8, 4) is 0 Å². The number of thiazole rings is 1. The number of halogens is 1. The van der Waals surface area contributed by atoms with Crippen LogP contribution in [0, 0.1) is 5.92 Å². The van der Waals surface area contributed by atoms with Crippen molar-refractivity contribution in [2.24, 2.45) is 5.92 Å². The van der Waals surface area contributed by atoms with Crippen molar-refractivity contribution < 1.29 is 4.79 Å². The van der Waals surface area contributed by atoms with Crippen molar-refractivity contribution in [1.29, 1.82) is 0 Å². The first kappa shape index (κ1) is 20.8. The monoisotopic (exact) mass is 431 g/mol. The predicted molar refractivity (Wildman–Crippen MR) is 119 cm³/mol. The van der Waals surface area contributed by atoms with E-state index in [1.165, 1.54) is 10.7 Å². The van der Waals surface area contributed by atoms with Crippen molar-refractivity contribution in [3.63, 3.8) is 0 Å². The number of carbonyl (C=O) groups is 1. The molecule has 1 N–H and O–H groups in total.